The van der Waals surface area contributed by atoms with Gasteiger partial charge in [0.1, 0.15) is 6.61 Å². The Balaban J connectivity index is 1.91. The van der Waals surface area contributed by atoms with E-state index in [1.54, 1.807) is 12.1 Å². The molecule has 1 aliphatic heterocycles. The van der Waals surface area contributed by atoms with Gasteiger partial charge in [-0.1, -0.05) is 36.4 Å². The molecule has 1 aromatic heterocycles. The number of aromatic nitrogens is 1. The molecule has 0 aliphatic carbocycles. The van der Waals surface area contributed by atoms with E-state index in [4.69, 9.17) is 9.84 Å². The number of carboxylic acid groups (broad SMARTS) is 1. The zero-order chi connectivity index (χ0) is 19.0. The summed E-state index contributed by atoms with van der Waals surface area (Å²) in [6.45, 7) is 0.897. The predicted octanol–water partition coefficient (Wildman–Crippen LogP) is 2.92. The molecule has 0 saturated carbocycles. The van der Waals surface area contributed by atoms with E-state index in [1.807, 2.05) is 37.4 Å². The highest BCUT2D eigenvalue weighted by molar-refractivity contribution is 6.09. The van der Waals surface area contributed by atoms with Gasteiger partial charge in [-0.3, -0.25) is 4.79 Å². The minimum Gasteiger partial charge on any atom is -0.481 e. The highest BCUT2D eigenvalue weighted by atomic mass is 16.5. The molecule has 0 bridgehead atoms. The van der Waals surface area contributed by atoms with Gasteiger partial charge in [0, 0.05) is 17.5 Å². The van der Waals surface area contributed by atoms with E-state index in [-0.39, 0.29) is 19.0 Å². The fraction of sp³-hybridized carbons (Fsp3) is 0.190. The Morgan fingerprint density at radius 3 is 2.59 bits per heavy atom. The number of fused-ring (bicyclic) bond motifs is 2. The van der Waals surface area contributed by atoms with Gasteiger partial charge in [-0.25, -0.2) is 9.78 Å². The molecule has 0 radical (unpaired) electrons. The highest BCUT2D eigenvalue weighted by Crippen LogP contribution is 2.36. The molecule has 2 aromatic carbocycles. The van der Waals surface area contributed by atoms with Crippen LogP contribution in [0, 0.1) is 0 Å². The molecule has 6 nitrogen and oxygen atoms in total. The Morgan fingerprint density at radius 2 is 1.89 bits per heavy atom. The number of nitrogens with one attached hydrogen (secondary N) is 1. The van der Waals surface area contributed by atoms with Crippen molar-refractivity contribution in [1.82, 2.24) is 10.3 Å². The summed E-state index contributed by atoms with van der Waals surface area (Å²) in [7, 11) is 1.89. The Labute approximate surface area is 155 Å². The van der Waals surface area contributed by atoms with Crippen molar-refractivity contribution < 1.29 is 19.4 Å². The Morgan fingerprint density at radius 1 is 1.15 bits per heavy atom. The van der Waals surface area contributed by atoms with Crippen molar-refractivity contribution in [2.45, 2.75) is 19.6 Å². The lowest BCUT2D eigenvalue weighted by Crippen LogP contribution is -2.06. The van der Waals surface area contributed by atoms with Crippen LogP contribution in [0.25, 0.3) is 22.0 Å². The first-order chi connectivity index (χ1) is 13.1. The van der Waals surface area contributed by atoms with Crippen LogP contribution in [0.2, 0.25) is 0 Å². The number of esters is 1. The van der Waals surface area contributed by atoms with Gasteiger partial charge in [-0.15, -0.1) is 0 Å². The third kappa shape index (κ3) is 3.15. The van der Waals surface area contributed by atoms with Crippen LogP contribution in [0.3, 0.4) is 0 Å². The fourth-order valence-corrected chi connectivity index (χ4v) is 3.47. The number of benzene rings is 2. The smallest absolute Gasteiger partial charge is 0.341 e. The standard InChI is InChI=1S/C21H18N2O4/c1-22-10-13-4-7-15-16(8-13)23-17-11-27-21(26)20(17)19(15)14-5-2-12(3-6-14)9-18(24)25/h2-8,22H,9-11H2,1H3,(H,24,25). The molecule has 0 fully saturated rings. The van der Waals surface area contributed by atoms with E-state index in [1.165, 1.54) is 0 Å². The maximum Gasteiger partial charge on any atom is 0.341 e. The molecule has 0 saturated heterocycles. The molecule has 2 heterocycles. The first-order valence-electron chi connectivity index (χ1n) is 8.65. The van der Waals surface area contributed by atoms with Gasteiger partial charge >= 0.3 is 11.9 Å². The molecule has 2 N–H and O–H groups in total. The first-order valence-corrected chi connectivity index (χ1v) is 8.65. The van der Waals surface area contributed by atoms with Crippen LogP contribution in [0.1, 0.15) is 27.2 Å². The second kappa shape index (κ2) is 6.81. The number of nitrogens with zero attached hydrogens (tertiary/aromatic N) is 1. The van der Waals surface area contributed by atoms with Crippen LogP contribution >= 0.6 is 0 Å². The van der Waals surface area contributed by atoms with E-state index in [0.29, 0.717) is 16.8 Å². The lowest BCUT2D eigenvalue weighted by Gasteiger charge is -2.12. The summed E-state index contributed by atoms with van der Waals surface area (Å²) < 4.78 is 5.22. The lowest BCUT2D eigenvalue weighted by molar-refractivity contribution is -0.136. The number of carbonyl (C=O) groups excluding carboxylic acids is 1. The quantitative estimate of drug-likeness (QED) is 0.679. The summed E-state index contributed by atoms with van der Waals surface area (Å²) in [4.78, 5) is 27.9. The topological polar surface area (TPSA) is 88.5 Å². The highest BCUT2D eigenvalue weighted by Gasteiger charge is 2.29. The summed E-state index contributed by atoms with van der Waals surface area (Å²) in [6, 6.07) is 13.2. The van der Waals surface area contributed by atoms with Gasteiger partial charge < -0.3 is 15.2 Å². The number of aliphatic carboxylic acids is 1. The van der Waals surface area contributed by atoms with Crippen molar-refractivity contribution in [2.24, 2.45) is 0 Å². The van der Waals surface area contributed by atoms with Gasteiger partial charge in [0.15, 0.2) is 0 Å². The number of ether oxygens (including phenoxy) is 1. The van der Waals surface area contributed by atoms with Gasteiger partial charge in [0.25, 0.3) is 0 Å². The largest absolute Gasteiger partial charge is 0.481 e. The van der Waals surface area contributed by atoms with E-state index in [2.05, 4.69) is 10.3 Å². The van der Waals surface area contributed by atoms with Crippen LogP contribution in [0.5, 0.6) is 0 Å². The van der Waals surface area contributed by atoms with E-state index in [9.17, 15) is 9.59 Å². The number of rotatable bonds is 5. The molecule has 0 atom stereocenters. The molecule has 6 heteroatoms. The van der Waals surface area contributed by atoms with Crippen molar-refractivity contribution in [2.75, 3.05) is 7.05 Å². The maximum absolute atomic E-state index is 12.3. The monoisotopic (exact) mass is 362 g/mol. The van der Waals surface area contributed by atoms with Crippen molar-refractivity contribution in [1.29, 1.82) is 0 Å². The predicted molar refractivity (Wildman–Crippen MR) is 100 cm³/mol. The fourth-order valence-electron chi connectivity index (χ4n) is 3.47. The number of pyridine rings is 1. The zero-order valence-corrected chi connectivity index (χ0v) is 14.8. The first kappa shape index (κ1) is 17.2. The average molecular weight is 362 g/mol. The summed E-state index contributed by atoms with van der Waals surface area (Å²) in [6.07, 6.45) is -0.0368. The lowest BCUT2D eigenvalue weighted by atomic mass is 9.93. The number of hydrogen-bond donors (Lipinski definition) is 2. The molecule has 0 unspecified atom stereocenters. The molecule has 0 spiro atoms. The molecule has 0 amide bonds. The Kier molecular flexibility index (Phi) is 4.33. The van der Waals surface area contributed by atoms with E-state index >= 15 is 0 Å². The summed E-state index contributed by atoms with van der Waals surface area (Å²) in [5, 5.41) is 12.9. The number of hydrogen-bond acceptors (Lipinski definition) is 5. The molecule has 27 heavy (non-hydrogen) atoms. The number of carboxylic acids is 1. The second-order valence-electron chi connectivity index (χ2n) is 6.53. The van der Waals surface area contributed by atoms with Gasteiger partial charge in [-0.2, -0.15) is 0 Å². The average Bonchev–Trinajstić information content (AvgIpc) is 3.01. The Hall–Kier alpha value is -3.25. The summed E-state index contributed by atoms with van der Waals surface area (Å²) in [5.41, 5.74) is 5.38. The summed E-state index contributed by atoms with van der Waals surface area (Å²) in [5.74, 6) is -1.25. The molecule has 1 aliphatic rings. The van der Waals surface area contributed by atoms with Gasteiger partial charge in [0.2, 0.25) is 0 Å². The third-order valence-electron chi connectivity index (χ3n) is 4.65. The second-order valence-corrected chi connectivity index (χ2v) is 6.53. The van der Waals surface area contributed by atoms with Crippen molar-refractivity contribution in [3.63, 3.8) is 0 Å². The molecule has 4 rings (SSSR count). The molecule has 136 valence electrons. The van der Waals surface area contributed by atoms with E-state index in [0.717, 1.165) is 34.1 Å². The minimum atomic E-state index is -0.876. The van der Waals surface area contributed by atoms with Crippen LogP contribution in [0.15, 0.2) is 42.5 Å². The van der Waals surface area contributed by atoms with Gasteiger partial charge in [0.05, 0.1) is 23.2 Å². The molecular formula is C21H18N2O4. The Bertz CT molecular complexity index is 1060. The van der Waals surface area contributed by atoms with E-state index < -0.39 is 5.97 Å². The minimum absolute atomic E-state index is 0.0368. The zero-order valence-electron chi connectivity index (χ0n) is 14.8. The molecular weight excluding hydrogens is 344 g/mol. The van der Waals surface area contributed by atoms with Crippen molar-refractivity contribution in [3.05, 3.63) is 64.8 Å². The van der Waals surface area contributed by atoms with Crippen LogP contribution in [-0.4, -0.2) is 29.1 Å². The SMILES string of the molecule is CNCc1ccc2c(-c3ccc(CC(=O)O)cc3)c3c(nc2c1)COC3=O. The summed E-state index contributed by atoms with van der Waals surface area (Å²) >= 11 is 0. The normalized spacial score (nSPS) is 12.9. The maximum atomic E-state index is 12.3. The van der Waals surface area contributed by atoms with Crippen LogP contribution < -0.4 is 5.32 Å². The van der Waals surface area contributed by atoms with Crippen LogP contribution in [-0.2, 0) is 29.1 Å². The number of cyclic esters (lactones) is 1. The van der Waals surface area contributed by atoms with Gasteiger partial charge in [-0.05, 0) is 29.8 Å². The third-order valence-corrected chi connectivity index (χ3v) is 4.65. The van der Waals surface area contributed by atoms with Crippen molar-refractivity contribution >= 4 is 22.8 Å². The molecule has 3 aromatic rings. The van der Waals surface area contributed by atoms with Crippen LogP contribution in [0.4, 0.5) is 0 Å². The number of carbonyl (C=O) groups is 2. The van der Waals surface area contributed by atoms with Crippen molar-refractivity contribution in [3.8, 4) is 11.1 Å².